The van der Waals surface area contributed by atoms with Crippen molar-refractivity contribution in [3.63, 3.8) is 0 Å². The highest BCUT2D eigenvalue weighted by Gasteiger charge is 2.82. The largest absolute Gasteiger partial charge is 0.457 e. The van der Waals surface area contributed by atoms with Gasteiger partial charge >= 0.3 is 5.97 Å². The van der Waals surface area contributed by atoms with Crippen LogP contribution in [0.15, 0.2) is 0 Å². The Balaban J connectivity index is 1.35. The van der Waals surface area contributed by atoms with E-state index in [2.05, 4.69) is 27.7 Å². The molecule has 11 atom stereocenters. The van der Waals surface area contributed by atoms with Crippen molar-refractivity contribution in [2.45, 2.75) is 156 Å². The number of aliphatic hydroxyl groups is 2. The minimum atomic E-state index is -1.13. The Morgan fingerprint density at radius 1 is 1.08 bits per heavy atom. The van der Waals surface area contributed by atoms with E-state index in [1.165, 1.54) is 44.9 Å². The van der Waals surface area contributed by atoms with E-state index in [1.54, 1.807) is 20.8 Å². The summed E-state index contributed by atoms with van der Waals surface area (Å²) in [5.41, 5.74) is -0.289. The minimum Gasteiger partial charge on any atom is -0.457 e. The van der Waals surface area contributed by atoms with E-state index < -0.39 is 11.7 Å². The molecule has 11 unspecified atom stereocenters. The summed E-state index contributed by atoms with van der Waals surface area (Å²) >= 11 is 0. The van der Waals surface area contributed by atoms with Crippen molar-refractivity contribution in [1.82, 2.24) is 0 Å². The molecule has 4 aliphatic carbocycles. The van der Waals surface area contributed by atoms with Crippen molar-refractivity contribution in [1.29, 1.82) is 0 Å². The zero-order valence-electron chi connectivity index (χ0n) is 25.3. The van der Waals surface area contributed by atoms with Gasteiger partial charge in [0.1, 0.15) is 0 Å². The molecule has 1 aliphatic heterocycles. The van der Waals surface area contributed by atoms with Gasteiger partial charge in [0.2, 0.25) is 0 Å². The zero-order chi connectivity index (χ0) is 27.7. The molecule has 0 bridgehead atoms. The average Bonchev–Trinajstić information content (AvgIpc) is 3.16. The molecule has 0 aromatic rings. The molecule has 4 saturated carbocycles. The molecular formula is C33H56O5. The van der Waals surface area contributed by atoms with E-state index in [-0.39, 0.29) is 29.7 Å². The van der Waals surface area contributed by atoms with Crippen molar-refractivity contribution in [3.05, 3.63) is 0 Å². The van der Waals surface area contributed by atoms with Gasteiger partial charge in [0.05, 0.1) is 23.9 Å². The van der Waals surface area contributed by atoms with E-state index in [0.717, 1.165) is 37.5 Å². The molecule has 2 N–H and O–H groups in total. The first-order valence-electron chi connectivity index (χ1n) is 16.1. The number of hydrogen-bond donors (Lipinski definition) is 2. The van der Waals surface area contributed by atoms with Crippen molar-refractivity contribution < 1.29 is 24.5 Å². The van der Waals surface area contributed by atoms with Crippen LogP contribution in [0.25, 0.3) is 0 Å². The molecule has 1 heterocycles. The van der Waals surface area contributed by atoms with Crippen molar-refractivity contribution in [3.8, 4) is 0 Å². The molecule has 1 spiro atoms. The lowest BCUT2D eigenvalue weighted by Gasteiger charge is -2.55. The summed E-state index contributed by atoms with van der Waals surface area (Å²) in [7, 11) is 0. The van der Waals surface area contributed by atoms with Gasteiger partial charge in [0, 0.05) is 6.42 Å². The summed E-state index contributed by atoms with van der Waals surface area (Å²) in [5.74, 6) is 3.13. The van der Waals surface area contributed by atoms with Crippen molar-refractivity contribution in [2.75, 3.05) is 0 Å². The monoisotopic (exact) mass is 532 g/mol. The molecular weight excluding hydrogens is 476 g/mol. The summed E-state index contributed by atoms with van der Waals surface area (Å²) in [5, 5.41) is 21.9. The minimum absolute atomic E-state index is 0.00742. The first-order chi connectivity index (χ1) is 17.8. The van der Waals surface area contributed by atoms with E-state index >= 15 is 0 Å². The standard InChI is InChI=1S/C33H56O5/c1-8-10-16-32-20(3)33(32)17-15-27(34)30(4,5)26(33)14-12-23(32)22-18-21-11-13-24(37-25(21)19-22)29(31(6,7)36)38-28(35)9-2/h20-27,29,34,36H,8-19H2,1-7H3. The molecule has 5 nitrogen and oxygen atoms in total. The van der Waals surface area contributed by atoms with Crippen LogP contribution in [0, 0.1) is 45.8 Å². The number of fused-ring (bicyclic) bond motifs is 1. The van der Waals surface area contributed by atoms with Gasteiger partial charge in [-0.3, -0.25) is 4.79 Å². The Morgan fingerprint density at radius 2 is 1.82 bits per heavy atom. The van der Waals surface area contributed by atoms with Gasteiger partial charge in [-0.1, -0.05) is 47.5 Å². The van der Waals surface area contributed by atoms with E-state index in [0.29, 0.717) is 35.0 Å². The molecule has 1 saturated heterocycles. The zero-order valence-corrected chi connectivity index (χ0v) is 25.3. The Bertz CT molecular complexity index is 877. The maximum atomic E-state index is 12.2. The molecule has 5 rings (SSSR count). The lowest BCUT2D eigenvalue weighted by molar-refractivity contribution is -0.198. The van der Waals surface area contributed by atoms with Crippen LogP contribution in [0.5, 0.6) is 0 Å². The normalized spacial score (nSPS) is 46.4. The van der Waals surface area contributed by atoms with Gasteiger partial charge in [-0.2, -0.15) is 0 Å². The fourth-order valence-electron chi connectivity index (χ4n) is 11.2. The van der Waals surface area contributed by atoms with Gasteiger partial charge in [-0.05, 0) is 117 Å². The third kappa shape index (κ3) is 4.23. The molecule has 0 amide bonds. The van der Waals surface area contributed by atoms with Crippen LogP contribution in [-0.4, -0.2) is 46.2 Å². The SMILES string of the molecule is CCCCC12C(C3CC4CCC(C(OC(=O)CC)C(C)(C)O)OC4C3)CCC3C(C)(C)C(O)CCC31C2C. The molecule has 0 aromatic carbocycles. The molecule has 218 valence electrons. The molecule has 0 aromatic heterocycles. The van der Waals surface area contributed by atoms with Crippen molar-refractivity contribution in [2.24, 2.45) is 45.8 Å². The van der Waals surface area contributed by atoms with Crippen LogP contribution in [0.3, 0.4) is 0 Å². The van der Waals surface area contributed by atoms with E-state index in [9.17, 15) is 15.0 Å². The second-order valence-electron chi connectivity index (χ2n) is 15.2. The third-order valence-corrected chi connectivity index (χ3v) is 12.9. The highest BCUT2D eigenvalue weighted by molar-refractivity contribution is 5.69. The number of hydrogen-bond acceptors (Lipinski definition) is 5. The Morgan fingerprint density at radius 3 is 2.47 bits per heavy atom. The summed E-state index contributed by atoms with van der Waals surface area (Å²) in [6.45, 7) is 14.9. The summed E-state index contributed by atoms with van der Waals surface area (Å²) < 4.78 is 12.5. The number of esters is 1. The highest BCUT2D eigenvalue weighted by Crippen LogP contribution is 2.87. The predicted octanol–water partition coefficient (Wildman–Crippen LogP) is 6.67. The second kappa shape index (κ2) is 10.0. The number of ether oxygens (including phenoxy) is 2. The molecule has 0 radical (unpaired) electrons. The van der Waals surface area contributed by atoms with E-state index in [1.807, 2.05) is 0 Å². The fraction of sp³-hybridized carbons (Fsp3) is 0.970. The molecule has 5 fully saturated rings. The Hall–Kier alpha value is -0.650. The maximum absolute atomic E-state index is 12.2. The van der Waals surface area contributed by atoms with Crippen LogP contribution in [0.4, 0.5) is 0 Å². The van der Waals surface area contributed by atoms with Crippen LogP contribution < -0.4 is 0 Å². The summed E-state index contributed by atoms with van der Waals surface area (Å²) in [4.78, 5) is 12.2. The number of carbonyl (C=O) groups is 1. The Labute approximate surface area is 231 Å². The van der Waals surface area contributed by atoms with Gasteiger partial charge in [0.15, 0.2) is 6.10 Å². The first kappa shape index (κ1) is 28.9. The lowest BCUT2D eigenvalue weighted by atomic mass is 9.50. The predicted molar refractivity (Wildman–Crippen MR) is 149 cm³/mol. The van der Waals surface area contributed by atoms with Gasteiger partial charge in [-0.15, -0.1) is 0 Å². The quantitative estimate of drug-likeness (QED) is 0.341. The first-order valence-corrected chi connectivity index (χ1v) is 16.1. The maximum Gasteiger partial charge on any atom is 0.305 e. The number of unbranched alkanes of at least 4 members (excludes halogenated alkanes) is 1. The molecule has 5 aliphatic rings. The lowest BCUT2D eigenvalue weighted by Crippen LogP contribution is -2.51. The number of aliphatic hydroxyl groups excluding tert-OH is 1. The summed E-state index contributed by atoms with van der Waals surface area (Å²) in [6.07, 6.45) is 12.4. The average molecular weight is 533 g/mol. The number of rotatable bonds is 8. The van der Waals surface area contributed by atoms with Crippen LogP contribution >= 0.6 is 0 Å². The van der Waals surface area contributed by atoms with Crippen LogP contribution in [0.1, 0.15) is 126 Å². The molecule has 5 heteroatoms. The molecule has 38 heavy (non-hydrogen) atoms. The Kier molecular flexibility index (Phi) is 7.61. The topological polar surface area (TPSA) is 76.0 Å². The van der Waals surface area contributed by atoms with Gasteiger partial charge in [0.25, 0.3) is 0 Å². The van der Waals surface area contributed by atoms with Crippen molar-refractivity contribution >= 4 is 5.97 Å². The summed E-state index contributed by atoms with van der Waals surface area (Å²) in [6, 6.07) is 0. The second-order valence-corrected chi connectivity index (χ2v) is 15.2. The smallest absolute Gasteiger partial charge is 0.305 e. The number of carbonyl (C=O) groups excluding carboxylic acids is 1. The third-order valence-electron chi connectivity index (χ3n) is 12.9. The fourth-order valence-corrected chi connectivity index (χ4v) is 11.2. The van der Waals surface area contributed by atoms with Gasteiger partial charge < -0.3 is 19.7 Å². The van der Waals surface area contributed by atoms with Crippen LogP contribution in [0.2, 0.25) is 0 Å². The highest BCUT2D eigenvalue weighted by atomic mass is 16.6. The van der Waals surface area contributed by atoms with E-state index in [4.69, 9.17) is 9.47 Å². The van der Waals surface area contributed by atoms with Gasteiger partial charge in [-0.25, -0.2) is 0 Å². The van der Waals surface area contributed by atoms with Crippen LogP contribution in [-0.2, 0) is 14.3 Å².